The van der Waals surface area contributed by atoms with Crippen LogP contribution in [0, 0.1) is 5.82 Å². The Morgan fingerprint density at radius 1 is 1.25 bits per heavy atom. The smallest absolute Gasteiger partial charge is 0.338 e. The van der Waals surface area contributed by atoms with Crippen molar-refractivity contribution < 1.29 is 23.5 Å². The largest absolute Gasteiger partial charge is 0.460 e. The van der Waals surface area contributed by atoms with Crippen molar-refractivity contribution in [3.8, 4) is 0 Å². The van der Waals surface area contributed by atoms with E-state index in [1.165, 1.54) is 24.3 Å². The molecule has 1 atom stereocenters. The molecule has 1 aliphatic heterocycles. The molecule has 0 radical (unpaired) electrons. The zero-order valence-electron chi connectivity index (χ0n) is 13.9. The lowest BCUT2D eigenvalue weighted by molar-refractivity contribution is -0.141. The van der Waals surface area contributed by atoms with Crippen LogP contribution in [0.2, 0.25) is 0 Å². The molecule has 24 heavy (non-hydrogen) atoms. The maximum absolute atomic E-state index is 13.1. The molecular formula is C17H21FN2O4. The number of benzene rings is 1. The summed E-state index contributed by atoms with van der Waals surface area (Å²) in [7, 11) is 0. The summed E-state index contributed by atoms with van der Waals surface area (Å²) in [5.41, 5.74) is 1.28. The third-order valence-corrected chi connectivity index (χ3v) is 3.46. The number of esters is 1. The van der Waals surface area contributed by atoms with Crippen LogP contribution in [0.5, 0.6) is 0 Å². The van der Waals surface area contributed by atoms with Gasteiger partial charge in [0.2, 0.25) is 0 Å². The third-order valence-electron chi connectivity index (χ3n) is 3.46. The molecule has 1 heterocycles. The van der Waals surface area contributed by atoms with Gasteiger partial charge in [0.15, 0.2) is 0 Å². The van der Waals surface area contributed by atoms with Gasteiger partial charge >= 0.3 is 12.0 Å². The molecule has 1 aromatic rings. The van der Waals surface area contributed by atoms with Crippen LogP contribution >= 0.6 is 0 Å². The van der Waals surface area contributed by atoms with Gasteiger partial charge in [0.25, 0.3) is 0 Å². The van der Waals surface area contributed by atoms with E-state index < -0.39 is 23.9 Å². The number of hydrogen-bond acceptors (Lipinski definition) is 4. The van der Waals surface area contributed by atoms with E-state index in [0.29, 0.717) is 11.3 Å². The third kappa shape index (κ3) is 4.55. The van der Waals surface area contributed by atoms with E-state index >= 15 is 0 Å². The van der Waals surface area contributed by atoms with E-state index in [1.54, 1.807) is 6.92 Å². The minimum absolute atomic E-state index is 0.0484. The summed E-state index contributed by atoms with van der Waals surface area (Å²) >= 11 is 0. The molecule has 0 aromatic heterocycles. The van der Waals surface area contributed by atoms with E-state index in [-0.39, 0.29) is 24.9 Å². The number of halogens is 1. The first-order valence-corrected chi connectivity index (χ1v) is 7.71. The van der Waals surface area contributed by atoms with Gasteiger partial charge in [-0.05, 0) is 38.5 Å². The van der Waals surface area contributed by atoms with Crippen LogP contribution in [-0.2, 0) is 14.3 Å². The highest BCUT2D eigenvalue weighted by Gasteiger charge is 2.32. The SMILES string of the molecule is CC1=C(C(=O)OCCOC(C)C)[C@@H](c2ccc(F)cc2)NC(=O)N1. The monoisotopic (exact) mass is 336 g/mol. The molecule has 130 valence electrons. The molecule has 1 aromatic carbocycles. The van der Waals surface area contributed by atoms with E-state index in [9.17, 15) is 14.0 Å². The first-order valence-electron chi connectivity index (χ1n) is 7.71. The molecule has 2 amide bonds. The van der Waals surface area contributed by atoms with Crippen LogP contribution in [0.3, 0.4) is 0 Å². The summed E-state index contributed by atoms with van der Waals surface area (Å²) in [6.45, 7) is 5.80. The Morgan fingerprint density at radius 2 is 1.92 bits per heavy atom. The molecule has 0 unspecified atom stereocenters. The number of urea groups is 1. The fourth-order valence-electron chi connectivity index (χ4n) is 2.37. The highest BCUT2D eigenvalue weighted by Crippen LogP contribution is 2.27. The highest BCUT2D eigenvalue weighted by molar-refractivity contribution is 5.95. The lowest BCUT2D eigenvalue weighted by Gasteiger charge is -2.28. The van der Waals surface area contributed by atoms with Crippen molar-refractivity contribution in [1.29, 1.82) is 0 Å². The van der Waals surface area contributed by atoms with Crippen LogP contribution in [-0.4, -0.2) is 31.3 Å². The number of amides is 2. The van der Waals surface area contributed by atoms with E-state index in [0.717, 1.165) is 0 Å². The Labute approximate surface area is 140 Å². The number of hydrogen-bond donors (Lipinski definition) is 2. The van der Waals surface area contributed by atoms with Gasteiger partial charge in [-0.15, -0.1) is 0 Å². The highest BCUT2D eigenvalue weighted by atomic mass is 19.1. The minimum Gasteiger partial charge on any atom is -0.460 e. The van der Waals surface area contributed by atoms with Gasteiger partial charge < -0.3 is 20.1 Å². The first kappa shape index (κ1) is 17.9. The molecule has 0 saturated carbocycles. The van der Waals surface area contributed by atoms with Crippen LogP contribution in [0.4, 0.5) is 9.18 Å². The standard InChI is InChI=1S/C17H21FN2O4/c1-10(2)23-8-9-24-16(21)14-11(3)19-17(22)20-15(14)12-4-6-13(18)7-5-12/h4-7,10,15H,8-9H2,1-3H3,(H2,19,20,22)/t15-/m1/s1. The number of ether oxygens (including phenoxy) is 2. The molecule has 0 bridgehead atoms. The average Bonchev–Trinajstić information content (AvgIpc) is 2.51. The predicted octanol–water partition coefficient (Wildman–Crippen LogP) is 2.42. The number of allylic oxidation sites excluding steroid dienone is 1. The zero-order valence-corrected chi connectivity index (χ0v) is 13.9. The predicted molar refractivity (Wildman–Crippen MR) is 85.6 cm³/mol. The maximum Gasteiger partial charge on any atom is 0.338 e. The molecule has 0 spiro atoms. The summed E-state index contributed by atoms with van der Waals surface area (Å²) in [4.78, 5) is 24.1. The lowest BCUT2D eigenvalue weighted by Crippen LogP contribution is -2.45. The number of rotatable bonds is 6. The van der Waals surface area contributed by atoms with Gasteiger partial charge in [0.1, 0.15) is 12.4 Å². The van der Waals surface area contributed by atoms with Crippen LogP contribution in [0.25, 0.3) is 0 Å². The van der Waals surface area contributed by atoms with Gasteiger partial charge in [-0.2, -0.15) is 0 Å². The normalized spacial score (nSPS) is 17.5. The molecule has 6 nitrogen and oxygen atoms in total. The van der Waals surface area contributed by atoms with Gasteiger partial charge in [-0.25, -0.2) is 14.0 Å². The van der Waals surface area contributed by atoms with Crippen molar-refractivity contribution >= 4 is 12.0 Å². The van der Waals surface area contributed by atoms with Crippen molar-refractivity contribution in [3.05, 3.63) is 46.9 Å². The summed E-state index contributed by atoms with van der Waals surface area (Å²) in [5.74, 6) is -0.948. The van der Waals surface area contributed by atoms with Crippen molar-refractivity contribution in [1.82, 2.24) is 10.6 Å². The van der Waals surface area contributed by atoms with Crippen molar-refractivity contribution in [2.45, 2.75) is 32.9 Å². The van der Waals surface area contributed by atoms with Crippen LogP contribution in [0.15, 0.2) is 35.5 Å². The second-order valence-corrected chi connectivity index (χ2v) is 5.68. The Balaban J connectivity index is 2.16. The zero-order chi connectivity index (χ0) is 17.7. The lowest BCUT2D eigenvalue weighted by atomic mass is 9.95. The molecule has 1 aliphatic rings. The molecule has 7 heteroatoms. The number of carbonyl (C=O) groups excluding carboxylic acids is 2. The van der Waals surface area contributed by atoms with Gasteiger partial charge in [0, 0.05) is 5.70 Å². The van der Waals surface area contributed by atoms with Gasteiger partial charge in [-0.1, -0.05) is 12.1 Å². The second-order valence-electron chi connectivity index (χ2n) is 5.68. The maximum atomic E-state index is 13.1. The fraction of sp³-hybridized carbons (Fsp3) is 0.412. The summed E-state index contributed by atoms with van der Waals surface area (Å²) in [6, 6.07) is 4.47. The summed E-state index contributed by atoms with van der Waals surface area (Å²) < 4.78 is 23.7. The van der Waals surface area contributed by atoms with Crippen molar-refractivity contribution in [2.24, 2.45) is 0 Å². The van der Waals surface area contributed by atoms with E-state index in [1.807, 2.05) is 13.8 Å². The van der Waals surface area contributed by atoms with Crippen LogP contribution in [0.1, 0.15) is 32.4 Å². The molecule has 0 aliphatic carbocycles. The molecule has 0 fully saturated rings. The van der Waals surface area contributed by atoms with E-state index in [4.69, 9.17) is 9.47 Å². The number of carbonyl (C=O) groups is 2. The summed E-state index contributed by atoms with van der Waals surface area (Å²) in [6.07, 6.45) is 0.0484. The van der Waals surface area contributed by atoms with Crippen LogP contribution < -0.4 is 10.6 Å². The van der Waals surface area contributed by atoms with Crippen molar-refractivity contribution in [3.63, 3.8) is 0 Å². The molecule has 2 N–H and O–H groups in total. The molecule has 0 saturated heterocycles. The van der Waals surface area contributed by atoms with Gasteiger partial charge in [-0.3, -0.25) is 0 Å². The fourth-order valence-corrected chi connectivity index (χ4v) is 2.37. The average molecular weight is 336 g/mol. The quantitative estimate of drug-likeness (QED) is 0.618. The van der Waals surface area contributed by atoms with Crippen molar-refractivity contribution in [2.75, 3.05) is 13.2 Å². The topological polar surface area (TPSA) is 76.7 Å². The first-order chi connectivity index (χ1) is 11.4. The number of nitrogens with one attached hydrogen (secondary N) is 2. The Bertz CT molecular complexity index is 640. The van der Waals surface area contributed by atoms with E-state index in [2.05, 4.69) is 10.6 Å². The summed E-state index contributed by atoms with van der Waals surface area (Å²) in [5, 5.41) is 5.21. The Kier molecular flexibility index (Phi) is 5.92. The Hall–Kier alpha value is -2.41. The van der Waals surface area contributed by atoms with Gasteiger partial charge in [0.05, 0.1) is 24.3 Å². The minimum atomic E-state index is -0.696. The second kappa shape index (κ2) is 7.92. The molecule has 2 rings (SSSR count). The molecular weight excluding hydrogens is 315 g/mol. The Morgan fingerprint density at radius 3 is 2.54 bits per heavy atom.